The number of piperidine rings is 1. The van der Waals surface area contributed by atoms with Crippen LogP contribution in [0.4, 0.5) is 16.2 Å². The molecular weight excluding hydrogens is 462 g/mol. The SMILES string of the molecule is COC(=O)CC1CCN(c2ccc(-c3snc(C)c3NC(=O)OC(C)c3ccccc3)cc2)CC1. The van der Waals surface area contributed by atoms with E-state index in [4.69, 9.17) is 9.47 Å². The van der Waals surface area contributed by atoms with Crippen molar-refractivity contribution >= 4 is 35.0 Å². The van der Waals surface area contributed by atoms with Crippen LogP contribution in [-0.4, -0.2) is 36.6 Å². The third-order valence-corrected chi connectivity index (χ3v) is 7.42. The van der Waals surface area contributed by atoms with Crippen molar-refractivity contribution in [2.24, 2.45) is 5.92 Å². The zero-order valence-electron chi connectivity index (χ0n) is 20.3. The molecule has 4 rings (SSSR count). The van der Waals surface area contributed by atoms with Crippen LogP contribution < -0.4 is 10.2 Å². The minimum atomic E-state index is -0.502. The summed E-state index contributed by atoms with van der Waals surface area (Å²) in [6.07, 6.45) is 1.58. The number of aryl methyl sites for hydroxylation is 1. The molecule has 1 saturated heterocycles. The number of esters is 1. The molecule has 0 saturated carbocycles. The third-order valence-electron chi connectivity index (χ3n) is 6.43. The van der Waals surface area contributed by atoms with Crippen LogP contribution in [0.15, 0.2) is 54.6 Å². The second kappa shape index (κ2) is 11.4. The summed E-state index contributed by atoms with van der Waals surface area (Å²) < 4.78 is 14.8. The summed E-state index contributed by atoms with van der Waals surface area (Å²) in [6.45, 7) is 5.56. The minimum absolute atomic E-state index is 0.129. The number of nitrogens with one attached hydrogen (secondary N) is 1. The predicted octanol–water partition coefficient (Wildman–Crippen LogP) is 6.21. The zero-order chi connectivity index (χ0) is 24.8. The Morgan fingerprint density at radius 2 is 1.80 bits per heavy atom. The van der Waals surface area contributed by atoms with Crippen molar-refractivity contribution in [1.29, 1.82) is 0 Å². The van der Waals surface area contributed by atoms with Crippen molar-refractivity contribution in [1.82, 2.24) is 4.37 Å². The number of nitrogens with zero attached hydrogens (tertiary/aromatic N) is 2. The lowest BCUT2D eigenvalue weighted by Gasteiger charge is -2.33. The molecule has 35 heavy (non-hydrogen) atoms. The molecule has 0 aliphatic carbocycles. The first-order valence-corrected chi connectivity index (χ1v) is 12.6. The number of ether oxygens (including phenoxy) is 2. The van der Waals surface area contributed by atoms with Gasteiger partial charge in [0, 0.05) is 25.2 Å². The molecule has 1 fully saturated rings. The van der Waals surface area contributed by atoms with Crippen LogP contribution in [0.2, 0.25) is 0 Å². The fourth-order valence-corrected chi connectivity index (χ4v) is 5.19. The zero-order valence-corrected chi connectivity index (χ0v) is 21.1. The quantitative estimate of drug-likeness (QED) is 0.394. The van der Waals surface area contributed by atoms with Crippen LogP contribution >= 0.6 is 11.5 Å². The average Bonchev–Trinajstić information content (AvgIpc) is 3.24. The van der Waals surface area contributed by atoms with Gasteiger partial charge in [-0.25, -0.2) is 4.79 Å². The maximum Gasteiger partial charge on any atom is 0.412 e. The highest BCUT2D eigenvalue weighted by molar-refractivity contribution is 7.10. The molecule has 8 heteroatoms. The van der Waals surface area contributed by atoms with Crippen molar-refractivity contribution in [3.05, 3.63) is 65.9 Å². The third kappa shape index (κ3) is 6.19. The van der Waals surface area contributed by atoms with Gasteiger partial charge in [-0.2, -0.15) is 4.37 Å². The van der Waals surface area contributed by atoms with E-state index in [2.05, 4.69) is 38.9 Å². The largest absolute Gasteiger partial charge is 0.469 e. The van der Waals surface area contributed by atoms with Gasteiger partial charge >= 0.3 is 12.1 Å². The molecule has 2 aromatic carbocycles. The Kier molecular flexibility index (Phi) is 8.02. The maximum absolute atomic E-state index is 12.6. The number of aromatic nitrogens is 1. The van der Waals surface area contributed by atoms with Crippen LogP contribution in [0.5, 0.6) is 0 Å². The Hall–Kier alpha value is -3.39. The normalized spacial score (nSPS) is 14.9. The number of rotatable bonds is 7. The Labute approximate surface area is 210 Å². The van der Waals surface area contributed by atoms with E-state index in [0.29, 0.717) is 18.0 Å². The summed E-state index contributed by atoms with van der Waals surface area (Å²) in [5.74, 6) is 0.256. The summed E-state index contributed by atoms with van der Waals surface area (Å²) in [6, 6.07) is 18.0. The van der Waals surface area contributed by atoms with Gasteiger partial charge < -0.3 is 14.4 Å². The highest BCUT2D eigenvalue weighted by Gasteiger charge is 2.23. The molecule has 2 heterocycles. The summed E-state index contributed by atoms with van der Waals surface area (Å²) in [4.78, 5) is 27.4. The minimum Gasteiger partial charge on any atom is -0.469 e. The summed E-state index contributed by atoms with van der Waals surface area (Å²) in [5, 5.41) is 2.90. The van der Waals surface area contributed by atoms with E-state index in [-0.39, 0.29) is 12.1 Å². The number of benzene rings is 2. The van der Waals surface area contributed by atoms with Crippen molar-refractivity contribution in [3.63, 3.8) is 0 Å². The molecule has 0 radical (unpaired) electrons. The van der Waals surface area contributed by atoms with Crippen LogP contribution in [0, 0.1) is 12.8 Å². The lowest BCUT2D eigenvalue weighted by molar-refractivity contribution is -0.141. The Bertz CT molecular complexity index is 1140. The molecule has 1 aliphatic heterocycles. The lowest BCUT2D eigenvalue weighted by atomic mass is 9.93. The van der Waals surface area contributed by atoms with Gasteiger partial charge in [0.15, 0.2) is 0 Å². The molecule has 1 unspecified atom stereocenters. The highest BCUT2D eigenvalue weighted by atomic mass is 32.1. The summed E-state index contributed by atoms with van der Waals surface area (Å²) in [7, 11) is 1.44. The van der Waals surface area contributed by atoms with Gasteiger partial charge in [0.1, 0.15) is 6.10 Å². The van der Waals surface area contributed by atoms with Gasteiger partial charge in [-0.1, -0.05) is 42.5 Å². The van der Waals surface area contributed by atoms with Crippen molar-refractivity contribution < 1.29 is 19.1 Å². The molecule has 1 N–H and O–H groups in total. The van der Waals surface area contributed by atoms with E-state index in [9.17, 15) is 9.59 Å². The maximum atomic E-state index is 12.6. The number of amides is 1. The molecule has 1 aromatic heterocycles. The molecule has 0 bridgehead atoms. The molecule has 1 amide bonds. The van der Waals surface area contributed by atoms with Crippen LogP contribution in [0.1, 0.15) is 43.5 Å². The van der Waals surface area contributed by atoms with E-state index in [1.54, 1.807) is 0 Å². The fourth-order valence-electron chi connectivity index (χ4n) is 4.34. The first-order valence-electron chi connectivity index (χ1n) is 11.9. The fraction of sp³-hybridized carbons (Fsp3) is 0.370. The van der Waals surface area contributed by atoms with Crippen molar-refractivity contribution in [2.75, 3.05) is 30.4 Å². The smallest absolute Gasteiger partial charge is 0.412 e. The van der Waals surface area contributed by atoms with Gasteiger partial charge in [0.05, 0.1) is 23.4 Å². The standard InChI is InChI=1S/C27H31N3O4S/c1-18-25(28-27(32)34-19(2)21-7-5-4-6-8-21)26(35-29-18)22-9-11-23(12-10-22)30-15-13-20(14-16-30)17-24(31)33-3/h4-12,19-20H,13-17H2,1-3H3,(H,28,32). The first kappa shape index (κ1) is 24.7. The van der Waals surface area contributed by atoms with E-state index in [1.807, 2.05) is 44.2 Å². The Morgan fingerprint density at radius 3 is 2.46 bits per heavy atom. The number of methoxy groups -OCH3 is 1. The monoisotopic (exact) mass is 493 g/mol. The first-order chi connectivity index (χ1) is 16.9. The highest BCUT2D eigenvalue weighted by Crippen LogP contribution is 2.36. The molecule has 7 nitrogen and oxygen atoms in total. The van der Waals surface area contributed by atoms with Crippen molar-refractivity contribution in [2.45, 2.75) is 39.2 Å². The second-order valence-corrected chi connectivity index (χ2v) is 9.59. The number of carbonyl (C=O) groups excluding carboxylic acids is 2. The van der Waals surface area contributed by atoms with Gasteiger partial charge in [0.25, 0.3) is 0 Å². The molecule has 3 aromatic rings. The number of hydrogen-bond donors (Lipinski definition) is 1. The second-order valence-electron chi connectivity index (χ2n) is 8.81. The number of carbonyl (C=O) groups is 2. The average molecular weight is 494 g/mol. The molecule has 0 spiro atoms. The van der Waals surface area contributed by atoms with Gasteiger partial charge in [-0.15, -0.1) is 0 Å². The summed E-state index contributed by atoms with van der Waals surface area (Å²) >= 11 is 1.36. The van der Waals surface area contributed by atoms with Gasteiger partial charge in [-0.05, 0) is 67.4 Å². The van der Waals surface area contributed by atoms with E-state index < -0.39 is 6.09 Å². The van der Waals surface area contributed by atoms with Gasteiger partial charge in [-0.3, -0.25) is 10.1 Å². The lowest BCUT2D eigenvalue weighted by Crippen LogP contribution is -2.34. The molecule has 1 atom stereocenters. The van der Waals surface area contributed by atoms with Crippen LogP contribution in [-0.2, 0) is 14.3 Å². The predicted molar refractivity (Wildman–Crippen MR) is 139 cm³/mol. The number of anilines is 2. The topological polar surface area (TPSA) is 80.8 Å². The molecule has 1 aliphatic rings. The van der Waals surface area contributed by atoms with Crippen LogP contribution in [0.25, 0.3) is 10.4 Å². The Balaban J connectivity index is 1.39. The van der Waals surface area contributed by atoms with E-state index in [1.165, 1.54) is 18.6 Å². The Morgan fingerprint density at radius 1 is 1.11 bits per heavy atom. The summed E-state index contributed by atoms with van der Waals surface area (Å²) in [5.41, 5.74) is 4.51. The van der Waals surface area contributed by atoms with Crippen LogP contribution in [0.3, 0.4) is 0 Å². The molecular formula is C27H31N3O4S. The number of hydrogen-bond acceptors (Lipinski definition) is 7. The molecule has 184 valence electrons. The van der Waals surface area contributed by atoms with E-state index >= 15 is 0 Å². The van der Waals surface area contributed by atoms with Crippen molar-refractivity contribution in [3.8, 4) is 10.4 Å². The van der Waals surface area contributed by atoms with E-state index in [0.717, 1.165) is 53.3 Å². The van der Waals surface area contributed by atoms with Gasteiger partial charge in [0.2, 0.25) is 0 Å².